The van der Waals surface area contributed by atoms with E-state index in [4.69, 9.17) is 54.0 Å². The van der Waals surface area contributed by atoms with E-state index < -0.39 is 98.1 Å². The van der Waals surface area contributed by atoms with Crippen LogP contribution in [-0.4, -0.2) is 124 Å². The smallest absolute Gasteiger partial charge is 0.310 e. The number of hydrogen-bond donors (Lipinski definition) is 8. The molecular weight excluding hydrogens is 729 g/mol. The Morgan fingerprint density at radius 1 is 1.04 bits per heavy atom. The normalized spacial score (nSPS) is 21.7. The SMILES string of the molecule is CC(CN(C(=O)[C@H](C)N)[C@H](CCC(=O)O)C(N)=O)O[C@H]1[C@H](O)[C@@H](CO)O[C@H](O)[C@@H]1NC(=O)COC(=O)Cc1ccccc1Nc1c(Cl)cccc1Cl. The molecule has 0 bridgehead atoms. The molecule has 3 rings (SSSR count). The standard InChI is InChI=1S/C33H43Cl2N5O12/c1-16(13-40(32(48)17(2)36)22(31(37)47)10-11-25(43)44)51-30-28(33(49)52-23(14-41)29(30)46)39-24(42)15-50-26(45)12-18-6-3-4-9-21(18)38-27-19(34)7-5-8-20(27)35/h3-9,16-17,22-23,28-30,33,38,41,46,49H,10-15,36H2,1-2H3,(H2,37,47)(H,39,42)(H,43,44)/t16?,17-,22+,23+,28+,29+,30+,33-/m0/s1. The summed E-state index contributed by atoms with van der Waals surface area (Å²) in [5.41, 5.74) is 12.7. The zero-order chi connectivity index (χ0) is 38.7. The summed E-state index contributed by atoms with van der Waals surface area (Å²) in [6.45, 7) is 0.848. The summed E-state index contributed by atoms with van der Waals surface area (Å²) in [5.74, 6) is -4.68. The fourth-order valence-corrected chi connectivity index (χ4v) is 5.95. The second kappa shape index (κ2) is 19.7. The van der Waals surface area contributed by atoms with E-state index in [9.17, 15) is 39.3 Å². The first-order valence-electron chi connectivity index (χ1n) is 16.1. The van der Waals surface area contributed by atoms with Gasteiger partial charge in [0.05, 0.1) is 40.9 Å². The van der Waals surface area contributed by atoms with Crippen molar-refractivity contribution < 1.29 is 58.6 Å². The summed E-state index contributed by atoms with van der Waals surface area (Å²) < 4.78 is 16.4. The number of primary amides is 1. The fourth-order valence-electron chi connectivity index (χ4n) is 5.46. The number of carboxylic acids is 1. The Morgan fingerprint density at radius 2 is 1.69 bits per heavy atom. The maximum atomic E-state index is 13.0. The van der Waals surface area contributed by atoms with E-state index in [0.717, 1.165) is 4.90 Å². The van der Waals surface area contributed by atoms with E-state index in [2.05, 4.69) is 10.6 Å². The number of halogens is 2. The Bertz CT molecular complexity index is 1560. The number of aliphatic hydroxyl groups is 3. The predicted molar refractivity (Wildman–Crippen MR) is 186 cm³/mol. The van der Waals surface area contributed by atoms with Gasteiger partial charge in [0.15, 0.2) is 12.9 Å². The van der Waals surface area contributed by atoms with Crippen molar-refractivity contribution in [3.05, 3.63) is 58.1 Å². The number of hydrogen-bond acceptors (Lipinski definition) is 13. The van der Waals surface area contributed by atoms with Gasteiger partial charge in [0.1, 0.15) is 30.4 Å². The van der Waals surface area contributed by atoms with Gasteiger partial charge in [-0.2, -0.15) is 0 Å². The maximum Gasteiger partial charge on any atom is 0.310 e. The number of para-hydroxylation sites is 2. The highest BCUT2D eigenvalue weighted by Crippen LogP contribution is 2.34. The lowest BCUT2D eigenvalue weighted by molar-refractivity contribution is -0.268. The summed E-state index contributed by atoms with van der Waals surface area (Å²) >= 11 is 12.5. The van der Waals surface area contributed by atoms with Gasteiger partial charge in [-0.15, -0.1) is 0 Å². The molecule has 52 heavy (non-hydrogen) atoms. The van der Waals surface area contributed by atoms with Crippen LogP contribution in [0.2, 0.25) is 10.0 Å². The van der Waals surface area contributed by atoms with Crippen molar-refractivity contribution >= 4 is 64.2 Å². The zero-order valence-corrected chi connectivity index (χ0v) is 29.8. The minimum atomic E-state index is -1.83. The van der Waals surface area contributed by atoms with Gasteiger partial charge in [-0.25, -0.2) is 0 Å². The number of nitrogens with two attached hydrogens (primary N) is 2. The third kappa shape index (κ3) is 11.7. The number of esters is 1. The molecular formula is C33H43Cl2N5O12. The van der Waals surface area contributed by atoms with Crippen LogP contribution in [0.25, 0.3) is 0 Å². The number of carboxylic acid groups (broad SMARTS) is 1. The van der Waals surface area contributed by atoms with Crippen molar-refractivity contribution in [3.8, 4) is 0 Å². The average molecular weight is 773 g/mol. The van der Waals surface area contributed by atoms with Crippen LogP contribution in [0.5, 0.6) is 0 Å². The first-order chi connectivity index (χ1) is 24.5. The van der Waals surface area contributed by atoms with Crippen LogP contribution in [0.15, 0.2) is 42.5 Å². The molecule has 3 amide bonds. The molecule has 2 aromatic rings. The largest absolute Gasteiger partial charge is 0.481 e. The number of ether oxygens (including phenoxy) is 3. The molecule has 1 aliphatic heterocycles. The molecule has 2 aromatic carbocycles. The summed E-state index contributed by atoms with van der Waals surface area (Å²) in [4.78, 5) is 63.2. The quantitative estimate of drug-likeness (QED) is 0.0931. The molecule has 0 spiro atoms. The molecule has 1 heterocycles. The van der Waals surface area contributed by atoms with Gasteiger partial charge in [-0.1, -0.05) is 47.5 Å². The number of rotatable bonds is 18. The molecule has 0 aliphatic carbocycles. The topological polar surface area (TPSA) is 273 Å². The highest BCUT2D eigenvalue weighted by molar-refractivity contribution is 6.39. The number of nitrogens with zero attached hydrogens (tertiary/aromatic N) is 1. The molecule has 286 valence electrons. The van der Waals surface area contributed by atoms with Crippen molar-refractivity contribution in [2.24, 2.45) is 11.5 Å². The Balaban J connectivity index is 1.70. The zero-order valence-electron chi connectivity index (χ0n) is 28.3. The number of aliphatic carboxylic acids is 1. The number of carbonyl (C=O) groups excluding carboxylic acids is 4. The molecule has 0 radical (unpaired) electrons. The number of aliphatic hydroxyl groups excluding tert-OH is 3. The number of amides is 3. The van der Waals surface area contributed by atoms with Gasteiger partial charge in [0.25, 0.3) is 5.91 Å². The number of anilines is 2. The molecule has 1 aliphatic rings. The highest BCUT2D eigenvalue weighted by atomic mass is 35.5. The summed E-state index contributed by atoms with van der Waals surface area (Å²) in [6.07, 6.45) is -8.45. The van der Waals surface area contributed by atoms with Crippen molar-refractivity contribution in [1.29, 1.82) is 0 Å². The average Bonchev–Trinajstić information content (AvgIpc) is 3.08. The van der Waals surface area contributed by atoms with Crippen molar-refractivity contribution in [3.63, 3.8) is 0 Å². The Hall–Kier alpha value is -4.07. The minimum Gasteiger partial charge on any atom is -0.481 e. The first kappa shape index (κ1) is 42.3. The number of benzene rings is 2. The summed E-state index contributed by atoms with van der Waals surface area (Å²) in [6, 6.07) is 7.75. The van der Waals surface area contributed by atoms with Gasteiger partial charge in [-0.3, -0.25) is 24.0 Å². The van der Waals surface area contributed by atoms with Gasteiger partial charge in [0, 0.05) is 18.7 Å². The highest BCUT2D eigenvalue weighted by Gasteiger charge is 2.47. The Kier molecular flexibility index (Phi) is 16.0. The molecule has 8 atom stereocenters. The van der Waals surface area contributed by atoms with Gasteiger partial charge < -0.3 is 61.6 Å². The second-order valence-electron chi connectivity index (χ2n) is 12.1. The lowest BCUT2D eigenvalue weighted by atomic mass is 9.96. The van der Waals surface area contributed by atoms with Crippen LogP contribution >= 0.6 is 23.2 Å². The summed E-state index contributed by atoms with van der Waals surface area (Å²) in [5, 5.41) is 46.8. The maximum absolute atomic E-state index is 13.0. The third-order valence-electron chi connectivity index (χ3n) is 7.99. The molecule has 19 heteroatoms. The number of carbonyl (C=O) groups is 5. The minimum absolute atomic E-state index is 0.261. The van der Waals surface area contributed by atoms with E-state index in [0.29, 0.717) is 27.0 Å². The van der Waals surface area contributed by atoms with Crippen LogP contribution in [0.4, 0.5) is 11.4 Å². The molecule has 0 aromatic heterocycles. The van der Waals surface area contributed by atoms with E-state index in [1.54, 1.807) is 42.5 Å². The van der Waals surface area contributed by atoms with Gasteiger partial charge in [-0.05, 0) is 44.0 Å². The van der Waals surface area contributed by atoms with Crippen LogP contribution in [0.3, 0.4) is 0 Å². The molecule has 1 fully saturated rings. The van der Waals surface area contributed by atoms with E-state index in [1.165, 1.54) is 13.8 Å². The molecule has 0 saturated carbocycles. The first-order valence-corrected chi connectivity index (χ1v) is 16.9. The van der Waals surface area contributed by atoms with Gasteiger partial charge in [0.2, 0.25) is 11.8 Å². The molecule has 10 N–H and O–H groups in total. The monoisotopic (exact) mass is 771 g/mol. The number of nitrogens with one attached hydrogen (secondary N) is 2. The van der Waals surface area contributed by atoms with E-state index >= 15 is 0 Å². The fraction of sp³-hybridized carbons (Fsp3) is 0.485. The lowest BCUT2D eigenvalue weighted by Gasteiger charge is -2.44. The van der Waals surface area contributed by atoms with Crippen LogP contribution in [0.1, 0.15) is 32.3 Å². The molecule has 17 nitrogen and oxygen atoms in total. The van der Waals surface area contributed by atoms with Crippen LogP contribution in [-0.2, 0) is 44.6 Å². The van der Waals surface area contributed by atoms with Crippen molar-refractivity contribution in [2.45, 2.75) is 81.9 Å². The van der Waals surface area contributed by atoms with E-state index in [1.807, 2.05) is 0 Å². The molecule has 1 saturated heterocycles. The van der Waals surface area contributed by atoms with Crippen LogP contribution in [0, 0.1) is 0 Å². The summed E-state index contributed by atoms with van der Waals surface area (Å²) in [7, 11) is 0. The van der Waals surface area contributed by atoms with Crippen molar-refractivity contribution in [2.75, 3.05) is 25.1 Å². The molecule has 1 unspecified atom stereocenters. The van der Waals surface area contributed by atoms with Gasteiger partial charge >= 0.3 is 11.9 Å². The van der Waals surface area contributed by atoms with E-state index in [-0.39, 0.29) is 19.4 Å². The van der Waals surface area contributed by atoms with Crippen LogP contribution < -0.4 is 22.1 Å². The predicted octanol–water partition coefficient (Wildman–Crippen LogP) is 0.0461. The Labute approximate surface area is 309 Å². The second-order valence-corrected chi connectivity index (χ2v) is 12.9. The van der Waals surface area contributed by atoms with Crippen molar-refractivity contribution in [1.82, 2.24) is 10.2 Å². The lowest BCUT2D eigenvalue weighted by Crippen LogP contribution is -2.66. The Morgan fingerprint density at radius 3 is 2.29 bits per heavy atom. The third-order valence-corrected chi connectivity index (χ3v) is 8.62.